The van der Waals surface area contributed by atoms with Gasteiger partial charge in [0.05, 0.1) is 11.1 Å². The number of hydrogen-bond donors (Lipinski definition) is 0. The van der Waals surface area contributed by atoms with Crippen LogP contribution in [-0.2, 0) is 6.18 Å². The Bertz CT molecular complexity index is 686. The van der Waals surface area contributed by atoms with Crippen LogP contribution in [0.2, 0.25) is 0 Å². The number of alkyl halides is 3. The van der Waals surface area contributed by atoms with E-state index in [-0.39, 0.29) is 4.47 Å². The number of ketones is 1. The van der Waals surface area contributed by atoms with Crippen molar-refractivity contribution in [3.8, 4) is 0 Å². The Labute approximate surface area is 124 Å². The van der Waals surface area contributed by atoms with Crippen LogP contribution in [-0.4, -0.2) is 5.78 Å². The molecule has 0 aromatic heterocycles. The van der Waals surface area contributed by atoms with E-state index in [1.807, 2.05) is 0 Å². The highest BCUT2D eigenvalue weighted by Gasteiger charge is 2.31. The molecule has 0 bridgehead atoms. The summed E-state index contributed by atoms with van der Waals surface area (Å²) in [5, 5.41) is 0. The molecule has 0 aliphatic carbocycles. The molecule has 0 aliphatic rings. The van der Waals surface area contributed by atoms with Gasteiger partial charge in [0.25, 0.3) is 0 Å². The van der Waals surface area contributed by atoms with Crippen LogP contribution in [0.5, 0.6) is 0 Å². The minimum absolute atomic E-state index is 0.0816. The van der Waals surface area contributed by atoms with Crippen LogP contribution >= 0.6 is 15.9 Å². The number of halogens is 6. The quantitative estimate of drug-likeness (QED) is 0.542. The van der Waals surface area contributed by atoms with Crippen molar-refractivity contribution in [3.05, 3.63) is 69.2 Å². The van der Waals surface area contributed by atoms with E-state index in [2.05, 4.69) is 15.9 Å². The van der Waals surface area contributed by atoms with Gasteiger partial charge in [-0.15, -0.1) is 0 Å². The lowest BCUT2D eigenvalue weighted by Crippen LogP contribution is -2.10. The fourth-order valence-corrected chi connectivity index (χ4v) is 2.14. The standard InChI is InChI=1S/C14H6BrF5O/c15-9-5-10(16)12(11(17)6-9)13(21)7-2-1-3-8(4-7)14(18,19)20/h1-6H. The van der Waals surface area contributed by atoms with E-state index in [4.69, 9.17) is 0 Å². The van der Waals surface area contributed by atoms with Gasteiger partial charge in [-0.3, -0.25) is 4.79 Å². The Hall–Kier alpha value is -1.76. The summed E-state index contributed by atoms with van der Waals surface area (Å²) in [4.78, 5) is 12.0. The Balaban J connectivity index is 2.51. The monoisotopic (exact) mass is 364 g/mol. The van der Waals surface area contributed by atoms with Gasteiger partial charge in [-0.25, -0.2) is 8.78 Å². The summed E-state index contributed by atoms with van der Waals surface area (Å²) in [5.41, 5.74) is -2.39. The maximum Gasteiger partial charge on any atom is 0.416 e. The molecule has 0 N–H and O–H groups in total. The first-order valence-electron chi connectivity index (χ1n) is 5.56. The molecule has 2 aromatic carbocycles. The fourth-order valence-electron chi connectivity index (χ4n) is 1.74. The molecule has 0 unspecified atom stereocenters. The molecule has 21 heavy (non-hydrogen) atoms. The lowest BCUT2D eigenvalue weighted by molar-refractivity contribution is -0.137. The molecule has 7 heteroatoms. The van der Waals surface area contributed by atoms with E-state index in [1.165, 1.54) is 0 Å². The number of carbonyl (C=O) groups is 1. The van der Waals surface area contributed by atoms with Gasteiger partial charge in [0, 0.05) is 10.0 Å². The highest BCUT2D eigenvalue weighted by atomic mass is 79.9. The molecule has 1 nitrogen and oxygen atoms in total. The van der Waals surface area contributed by atoms with Crippen LogP contribution in [0.15, 0.2) is 40.9 Å². The zero-order valence-corrected chi connectivity index (χ0v) is 11.7. The highest BCUT2D eigenvalue weighted by Crippen LogP contribution is 2.30. The SMILES string of the molecule is O=C(c1cccc(C(F)(F)F)c1)c1c(F)cc(Br)cc1F. The molecule has 0 saturated carbocycles. The average molecular weight is 365 g/mol. The zero-order chi connectivity index (χ0) is 15.8. The first kappa shape index (κ1) is 15.6. The van der Waals surface area contributed by atoms with Crippen molar-refractivity contribution >= 4 is 21.7 Å². The van der Waals surface area contributed by atoms with Gasteiger partial charge in [-0.05, 0) is 24.3 Å². The highest BCUT2D eigenvalue weighted by molar-refractivity contribution is 9.10. The van der Waals surface area contributed by atoms with Gasteiger partial charge < -0.3 is 0 Å². The molecule has 0 fully saturated rings. The third-order valence-electron chi connectivity index (χ3n) is 2.69. The molecule has 0 spiro atoms. The van der Waals surface area contributed by atoms with Gasteiger partial charge in [0.2, 0.25) is 0 Å². The lowest BCUT2D eigenvalue weighted by atomic mass is 10.0. The maximum atomic E-state index is 13.7. The molecule has 2 aromatic rings. The van der Waals surface area contributed by atoms with Crippen molar-refractivity contribution in [3.63, 3.8) is 0 Å². The van der Waals surface area contributed by atoms with Crippen LogP contribution in [0.25, 0.3) is 0 Å². The largest absolute Gasteiger partial charge is 0.416 e. The smallest absolute Gasteiger partial charge is 0.288 e. The Morgan fingerprint density at radius 2 is 1.57 bits per heavy atom. The van der Waals surface area contributed by atoms with E-state index in [9.17, 15) is 26.7 Å². The first-order valence-corrected chi connectivity index (χ1v) is 6.36. The summed E-state index contributed by atoms with van der Waals surface area (Å²) in [6.45, 7) is 0. The minimum atomic E-state index is -4.65. The predicted octanol–water partition coefficient (Wildman–Crippen LogP) is 4.98. The van der Waals surface area contributed by atoms with Crippen molar-refractivity contribution in [2.75, 3.05) is 0 Å². The van der Waals surface area contributed by atoms with Crippen LogP contribution in [0.1, 0.15) is 21.5 Å². The van der Waals surface area contributed by atoms with Gasteiger partial charge in [-0.1, -0.05) is 28.1 Å². The summed E-state index contributed by atoms with van der Waals surface area (Å²) < 4.78 is 65.2. The van der Waals surface area contributed by atoms with E-state index >= 15 is 0 Å². The number of hydrogen-bond acceptors (Lipinski definition) is 1. The maximum absolute atomic E-state index is 13.7. The Morgan fingerprint density at radius 3 is 2.10 bits per heavy atom. The van der Waals surface area contributed by atoms with Crippen molar-refractivity contribution < 1.29 is 26.7 Å². The topological polar surface area (TPSA) is 17.1 Å². The molecular formula is C14H6BrF5O. The third kappa shape index (κ3) is 3.29. The molecule has 0 saturated heterocycles. The van der Waals surface area contributed by atoms with Crippen LogP contribution in [0.3, 0.4) is 0 Å². The third-order valence-corrected chi connectivity index (χ3v) is 3.14. The summed E-state index contributed by atoms with van der Waals surface area (Å²) in [6, 6.07) is 5.13. The van der Waals surface area contributed by atoms with Crippen LogP contribution < -0.4 is 0 Å². The molecule has 2 rings (SSSR count). The fraction of sp³-hybridized carbons (Fsp3) is 0.0714. The Morgan fingerprint density at radius 1 is 1.00 bits per heavy atom. The van der Waals surface area contributed by atoms with Crippen molar-refractivity contribution in [1.29, 1.82) is 0 Å². The van der Waals surface area contributed by atoms with Gasteiger partial charge >= 0.3 is 6.18 Å². The van der Waals surface area contributed by atoms with E-state index in [0.717, 1.165) is 30.3 Å². The van der Waals surface area contributed by atoms with Crippen LogP contribution in [0.4, 0.5) is 22.0 Å². The van der Waals surface area contributed by atoms with E-state index in [1.54, 1.807) is 0 Å². The summed E-state index contributed by atoms with van der Waals surface area (Å²) >= 11 is 2.85. The predicted molar refractivity (Wildman–Crippen MR) is 68.9 cm³/mol. The van der Waals surface area contributed by atoms with Crippen molar-refractivity contribution in [2.24, 2.45) is 0 Å². The van der Waals surface area contributed by atoms with Crippen molar-refractivity contribution in [1.82, 2.24) is 0 Å². The number of rotatable bonds is 2. The molecule has 0 amide bonds. The molecule has 0 radical (unpaired) electrons. The van der Waals surface area contributed by atoms with Crippen molar-refractivity contribution in [2.45, 2.75) is 6.18 Å². The van der Waals surface area contributed by atoms with Gasteiger partial charge in [-0.2, -0.15) is 13.2 Å². The normalized spacial score (nSPS) is 11.5. The molecule has 0 heterocycles. The average Bonchev–Trinajstić information content (AvgIpc) is 2.36. The molecule has 0 aliphatic heterocycles. The minimum Gasteiger partial charge on any atom is -0.288 e. The second kappa shape index (κ2) is 5.55. The van der Waals surface area contributed by atoms with Gasteiger partial charge in [0.1, 0.15) is 11.6 Å². The summed E-state index contributed by atoms with van der Waals surface area (Å²) in [7, 11) is 0. The van der Waals surface area contributed by atoms with E-state index in [0.29, 0.717) is 6.07 Å². The number of benzene rings is 2. The van der Waals surface area contributed by atoms with Crippen LogP contribution in [0, 0.1) is 11.6 Å². The number of carbonyl (C=O) groups excluding carboxylic acids is 1. The van der Waals surface area contributed by atoms with E-state index < -0.39 is 40.3 Å². The Kier molecular flexibility index (Phi) is 4.13. The zero-order valence-electron chi connectivity index (χ0n) is 10.1. The molecular weight excluding hydrogens is 359 g/mol. The lowest BCUT2D eigenvalue weighted by Gasteiger charge is -2.09. The summed E-state index contributed by atoms with van der Waals surface area (Å²) in [6.07, 6.45) is -4.65. The second-order valence-electron chi connectivity index (χ2n) is 4.15. The molecule has 0 atom stereocenters. The van der Waals surface area contributed by atoms with Gasteiger partial charge in [0.15, 0.2) is 5.78 Å². The molecule has 110 valence electrons. The second-order valence-corrected chi connectivity index (χ2v) is 5.07. The first-order chi connectivity index (χ1) is 9.70. The summed E-state index contributed by atoms with van der Waals surface area (Å²) in [5.74, 6) is -3.45.